The highest BCUT2D eigenvalue weighted by atomic mass is 16.6. The van der Waals surface area contributed by atoms with Gasteiger partial charge in [-0.15, -0.1) is 0 Å². The molecular formula is C31H40N4O8. The van der Waals surface area contributed by atoms with Crippen LogP contribution in [0.4, 0.5) is 21.0 Å². The molecule has 0 unspecified atom stereocenters. The van der Waals surface area contributed by atoms with Crippen molar-refractivity contribution in [1.82, 2.24) is 4.90 Å². The lowest BCUT2D eigenvalue weighted by Crippen LogP contribution is -2.48. The van der Waals surface area contributed by atoms with Gasteiger partial charge in [0.2, 0.25) is 0 Å². The number of aliphatic hydroxyl groups is 2. The molecule has 0 aromatic heterocycles. The number of benzene rings is 2. The summed E-state index contributed by atoms with van der Waals surface area (Å²) in [6.45, 7) is 15.3. The summed E-state index contributed by atoms with van der Waals surface area (Å²) in [5.74, 6) is -2.36. The number of aryl methyl sites for hydroxylation is 1. The molecule has 0 radical (unpaired) electrons. The van der Waals surface area contributed by atoms with Crippen LogP contribution in [0.25, 0.3) is 11.9 Å². The third-order valence-electron chi connectivity index (χ3n) is 5.44. The van der Waals surface area contributed by atoms with Crippen molar-refractivity contribution >= 4 is 47.3 Å². The highest BCUT2D eigenvalue weighted by Gasteiger charge is 2.34. The predicted molar refractivity (Wildman–Crippen MR) is 163 cm³/mol. The van der Waals surface area contributed by atoms with Crippen molar-refractivity contribution in [2.24, 2.45) is 5.73 Å². The van der Waals surface area contributed by atoms with E-state index in [1.807, 2.05) is 6.92 Å². The number of nitrogens with zero attached hydrogens (tertiary/aromatic N) is 1. The average Bonchev–Trinajstić information content (AvgIpc) is 2.87. The fourth-order valence-electron chi connectivity index (χ4n) is 3.50. The van der Waals surface area contributed by atoms with Gasteiger partial charge in [0.1, 0.15) is 17.0 Å². The van der Waals surface area contributed by atoms with Gasteiger partial charge in [0.05, 0.1) is 0 Å². The average molecular weight is 597 g/mol. The van der Waals surface area contributed by atoms with Crippen LogP contribution in [0.15, 0.2) is 55.1 Å². The Morgan fingerprint density at radius 2 is 1.28 bits per heavy atom. The van der Waals surface area contributed by atoms with Gasteiger partial charge in [-0.1, -0.05) is 36.4 Å². The molecule has 0 spiro atoms. The first-order valence-electron chi connectivity index (χ1n) is 13.4. The van der Waals surface area contributed by atoms with Gasteiger partial charge in [0.15, 0.2) is 12.2 Å². The summed E-state index contributed by atoms with van der Waals surface area (Å²) in [7, 11) is 0. The van der Waals surface area contributed by atoms with Gasteiger partial charge in [-0.25, -0.2) is 9.59 Å². The third kappa shape index (κ3) is 10.3. The first kappa shape index (κ1) is 34.5. The molecule has 0 saturated carbocycles. The summed E-state index contributed by atoms with van der Waals surface area (Å²) in [5.41, 5.74) is 5.90. The molecule has 0 heterocycles. The zero-order valence-electron chi connectivity index (χ0n) is 25.4. The molecule has 0 aliphatic rings. The molecule has 12 heteroatoms. The number of hydrogen-bond donors (Lipinski definition) is 5. The van der Waals surface area contributed by atoms with E-state index in [0.29, 0.717) is 15.8 Å². The number of anilines is 2. The molecule has 2 aromatic carbocycles. The van der Waals surface area contributed by atoms with E-state index in [9.17, 15) is 29.4 Å². The maximum absolute atomic E-state index is 13.0. The topological polar surface area (TPSA) is 181 Å². The lowest BCUT2D eigenvalue weighted by atomic mass is 10.1. The lowest BCUT2D eigenvalue weighted by Gasteiger charge is -2.28. The van der Waals surface area contributed by atoms with Crippen molar-refractivity contribution in [3.8, 4) is 0 Å². The van der Waals surface area contributed by atoms with Gasteiger partial charge in [0, 0.05) is 16.6 Å². The molecule has 12 nitrogen and oxygen atoms in total. The van der Waals surface area contributed by atoms with E-state index < -0.39 is 47.4 Å². The predicted octanol–water partition coefficient (Wildman–Crippen LogP) is 2.46. The third-order valence-corrected chi connectivity index (χ3v) is 5.44. The number of rotatable bonds is 7. The monoisotopic (exact) mass is 596 g/mol. The van der Waals surface area contributed by atoms with Crippen LogP contribution in [0.5, 0.6) is 0 Å². The van der Waals surface area contributed by atoms with Crippen molar-refractivity contribution in [2.75, 3.05) is 10.6 Å². The van der Waals surface area contributed by atoms with E-state index in [-0.39, 0.29) is 16.7 Å². The molecule has 0 bridgehead atoms. The normalized spacial score (nSPS) is 14.1. The minimum absolute atomic E-state index is 0.140. The summed E-state index contributed by atoms with van der Waals surface area (Å²) in [4.78, 5) is 51.7. The van der Waals surface area contributed by atoms with Crippen LogP contribution in [-0.2, 0) is 19.1 Å². The summed E-state index contributed by atoms with van der Waals surface area (Å²) in [6, 6.07) is 10.9. The van der Waals surface area contributed by atoms with Gasteiger partial charge < -0.3 is 36.1 Å². The second kappa shape index (κ2) is 14.0. The highest BCUT2D eigenvalue weighted by Crippen LogP contribution is 2.17. The molecule has 0 aliphatic carbocycles. The van der Waals surface area contributed by atoms with E-state index in [2.05, 4.69) is 17.2 Å². The number of imide groups is 1. The van der Waals surface area contributed by atoms with E-state index in [1.165, 1.54) is 30.4 Å². The van der Waals surface area contributed by atoms with Crippen LogP contribution in [0.1, 0.15) is 47.1 Å². The molecule has 0 fully saturated rings. The van der Waals surface area contributed by atoms with Crippen LogP contribution >= 0.6 is 0 Å². The zero-order valence-corrected chi connectivity index (χ0v) is 25.4. The van der Waals surface area contributed by atoms with E-state index in [4.69, 9.17) is 15.2 Å². The largest absolute Gasteiger partial charge is 0.443 e. The molecule has 0 saturated heterocycles. The van der Waals surface area contributed by atoms with Gasteiger partial charge in [-0.3, -0.25) is 9.59 Å². The van der Waals surface area contributed by atoms with Crippen molar-refractivity contribution in [1.29, 1.82) is 0 Å². The highest BCUT2D eigenvalue weighted by molar-refractivity contribution is 6.02. The Kier molecular flexibility index (Phi) is 11.2. The number of carbonyl (C=O) groups is 4. The number of allylic oxidation sites excluding steroid dienone is 1. The van der Waals surface area contributed by atoms with Crippen molar-refractivity contribution in [3.05, 3.63) is 71.1 Å². The van der Waals surface area contributed by atoms with Crippen molar-refractivity contribution < 1.29 is 38.9 Å². The Bertz CT molecular complexity index is 1460. The molecule has 2 aromatic rings. The fraction of sp³-hybridized carbons (Fsp3) is 0.355. The van der Waals surface area contributed by atoms with Crippen LogP contribution in [0, 0.1) is 6.92 Å². The Morgan fingerprint density at radius 1 is 0.837 bits per heavy atom. The Labute approximate surface area is 250 Å². The summed E-state index contributed by atoms with van der Waals surface area (Å²) < 4.78 is 10.8. The molecule has 4 amide bonds. The van der Waals surface area contributed by atoms with Crippen molar-refractivity contribution in [3.63, 3.8) is 0 Å². The molecule has 0 aliphatic heterocycles. The molecular weight excluding hydrogens is 556 g/mol. The number of aliphatic hydroxyl groups excluding tert-OH is 2. The quantitative estimate of drug-likeness (QED) is 0.321. The van der Waals surface area contributed by atoms with E-state index in [0.717, 1.165) is 5.56 Å². The van der Waals surface area contributed by atoms with Gasteiger partial charge in [-0.05, 0) is 84.0 Å². The van der Waals surface area contributed by atoms with Gasteiger partial charge >= 0.3 is 12.2 Å². The molecule has 2 rings (SSSR count). The molecule has 2 atom stereocenters. The molecule has 43 heavy (non-hydrogen) atoms. The fourth-order valence-corrected chi connectivity index (χ4v) is 3.50. The number of carbonyl (C=O) groups excluding carboxylic acids is 4. The second-order valence-corrected chi connectivity index (χ2v) is 11.6. The van der Waals surface area contributed by atoms with Crippen LogP contribution < -0.4 is 26.8 Å². The minimum atomic E-state index is -2.11. The number of amides is 4. The first-order valence-corrected chi connectivity index (χ1v) is 13.4. The Balaban J connectivity index is 2.41. The standard InChI is InChI=1S/C31H40N4O8/c1-9-10-19-17-21(34-27(39)24(37)23(36)26(38)33-20-13-11-18(2)12-14-20)15-16-22(19)25(32)35(28(40)42-30(3,4)5)29(41)43-31(6,7)8/h9-17,23-24,36-37H,1,32H2,2-8H3,(H,33,38)(H,34,39)/b19-10-,25-22+/t23-,24-/m1/s1. The minimum Gasteiger partial charge on any atom is -0.443 e. The zero-order chi connectivity index (χ0) is 32.7. The first-order chi connectivity index (χ1) is 19.8. The van der Waals surface area contributed by atoms with E-state index >= 15 is 0 Å². The SMILES string of the molecule is C=C/C=c1/cc(NC(=O)[C@H](O)[C@@H](O)C(=O)Nc2ccc(C)cc2)cc/c1=C(/N)N(C(=O)OC(C)(C)C)C(=O)OC(C)(C)C. The Hall–Kier alpha value is -4.68. The van der Waals surface area contributed by atoms with Gasteiger partial charge in [0.25, 0.3) is 11.8 Å². The van der Waals surface area contributed by atoms with Crippen LogP contribution in [0.2, 0.25) is 0 Å². The summed E-state index contributed by atoms with van der Waals surface area (Å²) in [6.07, 6.45) is -3.40. The number of nitrogens with one attached hydrogen (secondary N) is 2. The number of hydrogen-bond acceptors (Lipinski definition) is 9. The smallest absolute Gasteiger partial charge is 0.425 e. The lowest BCUT2D eigenvalue weighted by molar-refractivity contribution is -0.139. The number of ether oxygens (including phenoxy) is 2. The second-order valence-electron chi connectivity index (χ2n) is 11.6. The van der Waals surface area contributed by atoms with E-state index in [1.54, 1.807) is 65.8 Å². The van der Waals surface area contributed by atoms with Crippen LogP contribution in [0.3, 0.4) is 0 Å². The Morgan fingerprint density at radius 3 is 1.72 bits per heavy atom. The summed E-state index contributed by atoms with van der Waals surface area (Å²) >= 11 is 0. The molecule has 6 N–H and O–H groups in total. The summed E-state index contributed by atoms with van der Waals surface area (Å²) in [5, 5.41) is 26.0. The van der Waals surface area contributed by atoms with Crippen LogP contribution in [-0.4, -0.2) is 62.5 Å². The number of nitrogens with two attached hydrogens (primary N) is 1. The van der Waals surface area contributed by atoms with Gasteiger partial charge in [-0.2, -0.15) is 4.90 Å². The maximum Gasteiger partial charge on any atom is 0.425 e. The van der Waals surface area contributed by atoms with Crippen molar-refractivity contribution in [2.45, 2.75) is 71.9 Å². The maximum atomic E-state index is 13.0. The molecule has 232 valence electrons.